The number of hydrogen-bond donors (Lipinski definition) is 2. The molecule has 3 fully saturated rings. The Kier molecular flexibility index (Phi) is 4.02. The average Bonchev–Trinajstić information content (AvgIpc) is 3.02. The lowest BCUT2D eigenvalue weighted by Gasteiger charge is -2.34. The Morgan fingerprint density at radius 1 is 0.765 bits per heavy atom. The van der Waals surface area contributed by atoms with Gasteiger partial charge in [-0.25, -0.2) is 0 Å². The van der Waals surface area contributed by atoms with E-state index in [2.05, 4.69) is 10.6 Å². The highest BCUT2D eigenvalue weighted by atomic mass is 15.0. The number of hydrogen-bond acceptors (Lipinski definition) is 2. The van der Waals surface area contributed by atoms with Gasteiger partial charge in [0.05, 0.1) is 0 Å². The standard InChI is InChI=1S/C15H28N2/c1-2-7-12(6-1)17-15-10-5-8-13(15)14-9-3-4-11-16-14/h12-17H,1-11H2. The fourth-order valence-corrected chi connectivity index (χ4v) is 4.32. The van der Waals surface area contributed by atoms with Crippen molar-refractivity contribution in [3.05, 3.63) is 0 Å². The molecule has 1 saturated heterocycles. The smallest absolute Gasteiger partial charge is 0.0113 e. The molecule has 3 rings (SSSR count). The molecule has 2 aliphatic carbocycles. The van der Waals surface area contributed by atoms with Crippen LogP contribution in [0.4, 0.5) is 0 Å². The lowest BCUT2D eigenvalue weighted by atomic mass is 9.88. The molecule has 2 heteroatoms. The Labute approximate surface area is 106 Å². The van der Waals surface area contributed by atoms with E-state index >= 15 is 0 Å². The second kappa shape index (κ2) is 5.71. The highest BCUT2D eigenvalue weighted by molar-refractivity contribution is 4.94. The highest BCUT2D eigenvalue weighted by Gasteiger charge is 2.35. The van der Waals surface area contributed by atoms with Crippen LogP contribution in [0.2, 0.25) is 0 Å². The number of rotatable bonds is 3. The van der Waals surface area contributed by atoms with Crippen molar-refractivity contribution in [2.24, 2.45) is 5.92 Å². The molecular weight excluding hydrogens is 208 g/mol. The highest BCUT2D eigenvalue weighted by Crippen LogP contribution is 2.33. The third-order valence-electron chi connectivity index (χ3n) is 5.24. The number of nitrogens with one attached hydrogen (secondary N) is 2. The van der Waals surface area contributed by atoms with Crippen molar-refractivity contribution >= 4 is 0 Å². The van der Waals surface area contributed by atoms with E-state index in [1.807, 2.05) is 0 Å². The Morgan fingerprint density at radius 3 is 2.35 bits per heavy atom. The van der Waals surface area contributed by atoms with E-state index < -0.39 is 0 Å². The first kappa shape index (κ1) is 12.0. The first-order valence-corrected chi connectivity index (χ1v) is 7.93. The zero-order chi connectivity index (χ0) is 11.5. The fraction of sp³-hybridized carbons (Fsp3) is 1.00. The van der Waals surface area contributed by atoms with Crippen LogP contribution in [-0.4, -0.2) is 24.7 Å². The van der Waals surface area contributed by atoms with E-state index in [0.717, 1.165) is 24.0 Å². The molecule has 0 bridgehead atoms. The van der Waals surface area contributed by atoms with Crippen LogP contribution in [0.5, 0.6) is 0 Å². The zero-order valence-corrected chi connectivity index (χ0v) is 11.1. The maximum atomic E-state index is 3.99. The van der Waals surface area contributed by atoms with Gasteiger partial charge in [0.1, 0.15) is 0 Å². The van der Waals surface area contributed by atoms with Crippen LogP contribution >= 0.6 is 0 Å². The normalized spacial score (nSPS) is 39.9. The molecule has 1 aliphatic heterocycles. The first-order valence-electron chi connectivity index (χ1n) is 7.93. The fourth-order valence-electron chi connectivity index (χ4n) is 4.32. The second-order valence-corrected chi connectivity index (χ2v) is 6.41. The maximum Gasteiger partial charge on any atom is 0.0113 e. The van der Waals surface area contributed by atoms with Crippen LogP contribution in [0.3, 0.4) is 0 Å². The summed E-state index contributed by atoms with van der Waals surface area (Å²) in [6.45, 7) is 1.26. The van der Waals surface area contributed by atoms with E-state index in [1.165, 1.54) is 70.8 Å². The SMILES string of the molecule is C1CCC(C2CCCC2NC2CCCC2)NC1. The third-order valence-corrected chi connectivity index (χ3v) is 5.24. The molecule has 0 aromatic rings. The summed E-state index contributed by atoms with van der Waals surface area (Å²) in [5.41, 5.74) is 0. The third kappa shape index (κ3) is 2.85. The van der Waals surface area contributed by atoms with E-state index in [9.17, 15) is 0 Å². The molecule has 0 spiro atoms. The summed E-state index contributed by atoms with van der Waals surface area (Å²) in [4.78, 5) is 0. The molecule has 2 saturated carbocycles. The largest absolute Gasteiger partial charge is 0.314 e. The Balaban J connectivity index is 1.54. The van der Waals surface area contributed by atoms with E-state index in [0.29, 0.717) is 0 Å². The molecule has 17 heavy (non-hydrogen) atoms. The molecule has 3 atom stereocenters. The van der Waals surface area contributed by atoms with Crippen LogP contribution in [0.1, 0.15) is 64.2 Å². The van der Waals surface area contributed by atoms with Crippen molar-refractivity contribution in [1.29, 1.82) is 0 Å². The summed E-state index contributed by atoms with van der Waals surface area (Å²) < 4.78 is 0. The molecule has 2 nitrogen and oxygen atoms in total. The van der Waals surface area contributed by atoms with Crippen LogP contribution < -0.4 is 10.6 Å². The summed E-state index contributed by atoms with van der Waals surface area (Å²) in [6, 6.07) is 2.50. The summed E-state index contributed by atoms with van der Waals surface area (Å²) in [7, 11) is 0. The van der Waals surface area contributed by atoms with Crippen LogP contribution in [0.15, 0.2) is 0 Å². The Morgan fingerprint density at radius 2 is 1.59 bits per heavy atom. The minimum absolute atomic E-state index is 0.824. The molecule has 0 aromatic carbocycles. The van der Waals surface area contributed by atoms with Crippen molar-refractivity contribution in [3.63, 3.8) is 0 Å². The molecule has 98 valence electrons. The molecule has 0 radical (unpaired) electrons. The molecular formula is C15H28N2. The molecule has 0 amide bonds. The minimum Gasteiger partial charge on any atom is -0.314 e. The molecule has 2 N–H and O–H groups in total. The van der Waals surface area contributed by atoms with Gasteiger partial charge in [0.15, 0.2) is 0 Å². The van der Waals surface area contributed by atoms with Gasteiger partial charge in [-0.05, 0) is 51.0 Å². The number of piperidine rings is 1. The van der Waals surface area contributed by atoms with Crippen LogP contribution in [0, 0.1) is 5.92 Å². The van der Waals surface area contributed by atoms with Crippen molar-refractivity contribution in [1.82, 2.24) is 10.6 Å². The van der Waals surface area contributed by atoms with E-state index in [1.54, 1.807) is 0 Å². The summed E-state index contributed by atoms with van der Waals surface area (Å²) in [6.07, 6.45) is 14.4. The first-order chi connectivity index (χ1) is 8.43. The minimum atomic E-state index is 0.824. The van der Waals surface area contributed by atoms with Crippen molar-refractivity contribution in [2.45, 2.75) is 82.3 Å². The van der Waals surface area contributed by atoms with Gasteiger partial charge in [0.2, 0.25) is 0 Å². The Hall–Kier alpha value is -0.0800. The van der Waals surface area contributed by atoms with Gasteiger partial charge < -0.3 is 10.6 Å². The van der Waals surface area contributed by atoms with Gasteiger partial charge in [-0.15, -0.1) is 0 Å². The van der Waals surface area contributed by atoms with Crippen molar-refractivity contribution in [2.75, 3.05) is 6.54 Å². The maximum absolute atomic E-state index is 3.99. The van der Waals surface area contributed by atoms with Gasteiger partial charge in [-0.2, -0.15) is 0 Å². The molecule has 3 unspecified atom stereocenters. The van der Waals surface area contributed by atoms with Gasteiger partial charge in [0.25, 0.3) is 0 Å². The average molecular weight is 236 g/mol. The predicted molar refractivity (Wildman–Crippen MR) is 72.2 cm³/mol. The van der Waals surface area contributed by atoms with Gasteiger partial charge in [0, 0.05) is 18.1 Å². The van der Waals surface area contributed by atoms with Crippen LogP contribution in [-0.2, 0) is 0 Å². The molecule has 0 aromatic heterocycles. The summed E-state index contributed by atoms with van der Waals surface area (Å²) in [5.74, 6) is 0.927. The second-order valence-electron chi connectivity index (χ2n) is 6.41. The molecule has 1 heterocycles. The lowest BCUT2D eigenvalue weighted by Crippen LogP contribution is -2.48. The predicted octanol–water partition coefficient (Wildman–Crippen LogP) is 2.83. The molecule has 3 aliphatic rings. The quantitative estimate of drug-likeness (QED) is 0.787. The summed E-state index contributed by atoms with van der Waals surface area (Å²) in [5, 5.41) is 7.76. The zero-order valence-electron chi connectivity index (χ0n) is 11.1. The summed E-state index contributed by atoms with van der Waals surface area (Å²) >= 11 is 0. The lowest BCUT2D eigenvalue weighted by molar-refractivity contribution is 0.246. The van der Waals surface area contributed by atoms with Crippen molar-refractivity contribution < 1.29 is 0 Å². The monoisotopic (exact) mass is 236 g/mol. The van der Waals surface area contributed by atoms with Gasteiger partial charge in [-0.3, -0.25) is 0 Å². The van der Waals surface area contributed by atoms with E-state index in [4.69, 9.17) is 0 Å². The van der Waals surface area contributed by atoms with Crippen LogP contribution in [0.25, 0.3) is 0 Å². The van der Waals surface area contributed by atoms with Crippen molar-refractivity contribution in [3.8, 4) is 0 Å². The van der Waals surface area contributed by atoms with E-state index in [-0.39, 0.29) is 0 Å². The Bertz CT molecular complexity index is 229. The topological polar surface area (TPSA) is 24.1 Å². The van der Waals surface area contributed by atoms with Gasteiger partial charge >= 0.3 is 0 Å². The van der Waals surface area contributed by atoms with Gasteiger partial charge in [-0.1, -0.05) is 25.7 Å².